The van der Waals surface area contributed by atoms with Crippen molar-refractivity contribution in [2.75, 3.05) is 24.3 Å². The van der Waals surface area contributed by atoms with Crippen molar-refractivity contribution >= 4 is 22.9 Å². The van der Waals surface area contributed by atoms with Gasteiger partial charge >= 0.3 is 6.03 Å². The molecular weight excluding hydrogens is 496 g/mol. The largest absolute Gasteiger partial charge is 0.611 e. The maximum atomic E-state index is 13.5. The van der Waals surface area contributed by atoms with Crippen molar-refractivity contribution in [1.29, 1.82) is 0 Å². The number of carbonyl (C=O) groups is 1. The molecule has 1 atom stereocenters. The third kappa shape index (κ3) is 4.54. The summed E-state index contributed by atoms with van der Waals surface area (Å²) in [7, 11) is 1.66. The highest BCUT2D eigenvalue weighted by Gasteiger charge is 2.46. The van der Waals surface area contributed by atoms with Gasteiger partial charge in [0.15, 0.2) is 4.90 Å². The second-order valence-corrected chi connectivity index (χ2v) is 12.4. The van der Waals surface area contributed by atoms with Crippen LogP contribution in [0.1, 0.15) is 68.2 Å². The quantitative estimate of drug-likeness (QED) is 0.396. The fourth-order valence-electron chi connectivity index (χ4n) is 6.16. The average Bonchev–Trinajstić information content (AvgIpc) is 3.62. The Morgan fingerprint density at radius 3 is 2.61 bits per heavy atom. The van der Waals surface area contributed by atoms with Crippen molar-refractivity contribution in [2.45, 2.75) is 68.2 Å². The van der Waals surface area contributed by atoms with Gasteiger partial charge in [0.1, 0.15) is 12.1 Å². The summed E-state index contributed by atoms with van der Waals surface area (Å²) >= 11 is -0.974. The first-order valence-corrected chi connectivity index (χ1v) is 14.9. The number of nitrogens with one attached hydrogen (secondary N) is 1. The lowest BCUT2D eigenvalue weighted by atomic mass is 9.80. The van der Waals surface area contributed by atoms with Gasteiger partial charge in [0.05, 0.1) is 18.4 Å². The molecule has 38 heavy (non-hydrogen) atoms. The van der Waals surface area contributed by atoms with Gasteiger partial charge in [-0.15, -0.1) is 0 Å². The number of carbonyl (C=O) groups excluding carboxylic acids is 1. The molecule has 2 fully saturated rings. The van der Waals surface area contributed by atoms with Crippen LogP contribution in [0.15, 0.2) is 53.7 Å². The molecule has 1 spiro atoms. The molecule has 2 aromatic carbocycles. The fraction of sp³-hybridized carbons (Fsp3) is 0.433. The van der Waals surface area contributed by atoms with E-state index >= 15 is 0 Å². The topological polar surface area (TPSA) is 90.4 Å². The molecule has 0 radical (unpaired) electrons. The van der Waals surface area contributed by atoms with E-state index in [-0.39, 0.29) is 11.4 Å². The van der Waals surface area contributed by atoms with Crippen LogP contribution in [0.3, 0.4) is 0 Å². The van der Waals surface area contributed by atoms with E-state index in [1.807, 2.05) is 36.1 Å². The summed E-state index contributed by atoms with van der Waals surface area (Å²) in [6.07, 6.45) is 8.42. The fourth-order valence-corrected chi connectivity index (χ4v) is 6.93. The van der Waals surface area contributed by atoms with Crippen molar-refractivity contribution in [1.82, 2.24) is 15.3 Å². The summed E-state index contributed by atoms with van der Waals surface area (Å²) in [6.45, 7) is 3.04. The number of benzene rings is 2. The molecule has 0 saturated heterocycles. The third-order valence-electron chi connectivity index (χ3n) is 8.31. The number of amides is 2. The number of rotatable bonds is 7. The van der Waals surface area contributed by atoms with E-state index in [0.29, 0.717) is 30.6 Å². The lowest BCUT2D eigenvalue weighted by Crippen LogP contribution is -2.41. The highest BCUT2D eigenvalue weighted by Crippen LogP contribution is 2.53. The highest BCUT2D eigenvalue weighted by atomic mass is 32.2. The minimum Gasteiger partial charge on any atom is -0.611 e. The van der Waals surface area contributed by atoms with Crippen LogP contribution in [0.5, 0.6) is 5.88 Å². The summed E-state index contributed by atoms with van der Waals surface area (Å²) in [5, 5.41) is 3.12. The molecule has 3 aromatic rings. The van der Waals surface area contributed by atoms with Crippen molar-refractivity contribution in [3.8, 4) is 17.0 Å². The van der Waals surface area contributed by atoms with Crippen molar-refractivity contribution < 1.29 is 14.1 Å². The maximum absolute atomic E-state index is 13.5. The van der Waals surface area contributed by atoms with Gasteiger partial charge in [0.2, 0.25) is 5.88 Å². The molecule has 1 aromatic heterocycles. The maximum Gasteiger partial charge on any atom is 0.322 e. The van der Waals surface area contributed by atoms with E-state index in [9.17, 15) is 9.35 Å². The Labute approximate surface area is 227 Å². The second-order valence-electron chi connectivity index (χ2n) is 10.7. The van der Waals surface area contributed by atoms with Crippen LogP contribution in [0.4, 0.5) is 10.5 Å². The number of urea groups is 1. The average molecular weight is 531 g/mol. The summed E-state index contributed by atoms with van der Waals surface area (Å²) < 4.78 is 17.7. The van der Waals surface area contributed by atoms with E-state index < -0.39 is 11.2 Å². The number of hydrogen-bond acceptors (Lipinski definition) is 5. The monoisotopic (exact) mass is 530 g/mol. The van der Waals surface area contributed by atoms with Gasteiger partial charge in [-0.2, -0.15) is 0 Å². The van der Waals surface area contributed by atoms with Crippen molar-refractivity contribution in [2.24, 2.45) is 0 Å². The Balaban J connectivity index is 1.28. The molecule has 2 saturated carbocycles. The molecule has 1 aliphatic heterocycles. The minimum absolute atomic E-state index is 0.0167. The van der Waals surface area contributed by atoms with Crippen LogP contribution < -0.4 is 15.0 Å². The van der Waals surface area contributed by atoms with Crippen LogP contribution >= 0.6 is 0 Å². The number of hydrogen-bond donors (Lipinski definition) is 1. The Hall–Kier alpha value is -3.10. The van der Waals surface area contributed by atoms with Gasteiger partial charge in [0.25, 0.3) is 0 Å². The van der Waals surface area contributed by atoms with E-state index in [0.717, 1.165) is 58.7 Å². The zero-order chi connectivity index (χ0) is 26.3. The summed E-state index contributed by atoms with van der Waals surface area (Å²) in [5.74, 6) is 1.68. The Morgan fingerprint density at radius 2 is 1.92 bits per heavy atom. The number of methoxy groups -OCH3 is 1. The third-order valence-corrected chi connectivity index (χ3v) is 9.63. The summed E-state index contributed by atoms with van der Waals surface area (Å²) in [5.41, 5.74) is 6.34. The highest BCUT2D eigenvalue weighted by molar-refractivity contribution is 7.91. The molecule has 7 nitrogen and oxygen atoms in total. The Bertz CT molecular complexity index is 1340. The normalized spacial score (nSPS) is 18.4. The first-order valence-electron chi connectivity index (χ1n) is 13.6. The molecular formula is C30H34N4O3S. The molecule has 1 unspecified atom stereocenters. The van der Waals surface area contributed by atoms with Gasteiger partial charge < -0.3 is 14.6 Å². The standard InChI is InChI=1S/C30H34N4O3S/c1-3-38(36)23-11-6-20(7-12-23)17-31-29(35)34-18-30(14-4-5-15-30)24-16-22(10-13-25(24)34)26-27(21-8-9-21)32-19-33-28(26)37-2/h6-7,10-13,16,19,21H,3-5,8-9,14-15,17-18H2,1-2H3,(H,31,35). The predicted molar refractivity (Wildman–Crippen MR) is 149 cm³/mol. The Kier molecular flexibility index (Phi) is 6.78. The second kappa shape index (κ2) is 10.2. The van der Waals surface area contributed by atoms with Crippen LogP contribution in [-0.2, 0) is 23.1 Å². The number of aromatic nitrogens is 2. The van der Waals surface area contributed by atoms with Crippen LogP contribution in [0.25, 0.3) is 11.1 Å². The SMILES string of the molecule is CC[S+]([O-])c1ccc(CNC(=O)N2CC3(CCCC3)c3cc(-c4c(OC)ncnc4C4CC4)ccc32)cc1. The van der Waals surface area contributed by atoms with Crippen LogP contribution in [0.2, 0.25) is 0 Å². The first kappa shape index (κ1) is 25.2. The smallest absolute Gasteiger partial charge is 0.322 e. The molecule has 0 bridgehead atoms. The van der Waals surface area contributed by atoms with E-state index in [4.69, 9.17) is 4.74 Å². The molecule has 2 heterocycles. The molecule has 8 heteroatoms. The summed E-state index contributed by atoms with van der Waals surface area (Å²) in [6, 6.07) is 14.0. The van der Waals surface area contributed by atoms with Gasteiger partial charge in [0, 0.05) is 30.1 Å². The zero-order valence-corrected chi connectivity index (χ0v) is 22.9. The van der Waals surface area contributed by atoms with Gasteiger partial charge in [-0.05, 0) is 84.7 Å². The first-order chi connectivity index (χ1) is 18.5. The number of nitrogens with zero attached hydrogens (tertiary/aromatic N) is 3. The predicted octanol–water partition coefficient (Wildman–Crippen LogP) is 5.70. The lowest BCUT2D eigenvalue weighted by molar-refractivity contribution is 0.245. The molecule has 1 N–H and O–H groups in total. The van der Waals surface area contributed by atoms with Crippen LogP contribution in [0, 0.1) is 0 Å². The number of ether oxygens (including phenoxy) is 1. The minimum atomic E-state index is -0.974. The lowest BCUT2D eigenvalue weighted by Gasteiger charge is -2.25. The molecule has 6 rings (SSSR count). The number of fused-ring (bicyclic) bond motifs is 2. The zero-order valence-electron chi connectivity index (χ0n) is 22.0. The van der Waals surface area contributed by atoms with Crippen molar-refractivity contribution in [3.05, 3.63) is 65.6 Å². The van der Waals surface area contributed by atoms with Crippen molar-refractivity contribution in [3.63, 3.8) is 0 Å². The summed E-state index contributed by atoms with van der Waals surface area (Å²) in [4.78, 5) is 25.3. The Morgan fingerprint density at radius 1 is 1.16 bits per heavy atom. The van der Waals surface area contributed by atoms with Gasteiger partial charge in [-0.25, -0.2) is 14.8 Å². The van der Waals surface area contributed by atoms with Gasteiger partial charge in [-0.3, -0.25) is 4.90 Å². The molecule has 198 valence electrons. The molecule has 2 aliphatic carbocycles. The molecule has 3 aliphatic rings. The molecule has 2 amide bonds. The van der Waals surface area contributed by atoms with Gasteiger partial charge in [-0.1, -0.05) is 31.0 Å². The van der Waals surface area contributed by atoms with E-state index in [2.05, 4.69) is 33.5 Å². The van der Waals surface area contributed by atoms with E-state index in [1.54, 1.807) is 13.4 Å². The number of anilines is 1. The van der Waals surface area contributed by atoms with E-state index in [1.165, 1.54) is 18.4 Å². The van der Waals surface area contributed by atoms with Crippen LogP contribution in [-0.4, -0.2) is 40.0 Å².